The third-order valence-electron chi connectivity index (χ3n) is 0.287. The van der Waals surface area contributed by atoms with Gasteiger partial charge in [-0.05, 0) is 0 Å². The van der Waals surface area contributed by atoms with Crippen LogP contribution in [0.25, 0.3) is 0 Å². The van der Waals surface area contributed by atoms with Crippen molar-refractivity contribution < 1.29 is 4.74 Å². The van der Waals surface area contributed by atoms with Gasteiger partial charge in [0.05, 0.1) is 7.11 Å². The van der Waals surface area contributed by atoms with Crippen molar-refractivity contribution in [2.75, 3.05) is 14.2 Å². The van der Waals surface area contributed by atoms with Gasteiger partial charge >= 0.3 is 0 Å². The van der Waals surface area contributed by atoms with Gasteiger partial charge in [0.2, 0.25) is 0 Å². The summed E-state index contributed by atoms with van der Waals surface area (Å²) < 4.78 is 4.43. The van der Waals surface area contributed by atoms with E-state index in [9.17, 15) is 0 Å². The minimum atomic E-state index is 1.32. The van der Waals surface area contributed by atoms with Crippen molar-refractivity contribution in [3.05, 3.63) is 0 Å². The summed E-state index contributed by atoms with van der Waals surface area (Å²) in [7, 11) is 3.25. The SMILES string of the molecule is CN/N=C/OC. The van der Waals surface area contributed by atoms with E-state index in [1.165, 1.54) is 6.40 Å². The molecule has 0 spiro atoms. The van der Waals surface area contributed by atoms with Gasteiger partial charge < -0.3 is 10.2 Å². The van der Waals surface area contributed by atoms with Crippen LogP contribution in [-0.2, 0) is 4.74 Å². The number of hydrogen-bond acceptors (Lipinski definition) is 3. The number of nitrogens with zero attached hydrogens (tertiary/aromatic N) is 1. The molecule has 0 aromatic heterocycles. The Morgan fingerprint density at radius 1 is 1.83 bits per heavy atom. The first kappa shape index (κ1) is 5.27. The van der Waals surface area contributed by atoms with E-state index in [0.717, 1.165) is 0 Å². The van der Waals surface area contributed by atoms with Crippen molar-refractivity contribution in [2.45, 2.75) is 0 Å². The number of hydrazone groups is 1. The van der Waals surface area contributed by atoms with Crippen molar-refractivity contribution in [3.63, 3.8) is 0 Å². The quantitative estimate of drug-likeness (QED) is 0.288. The van der Waals surface area contributed by atoms with Crippen LogP contribution in [0.2, 0.25) is 0 Å². The summed E-state index contributed by atoms with van der Waals surface area (Å²) in [6.45, 7) is 0. The fourth-order valence-corrected chi connectivity index (χ4v) is 0.105. The topological polar surface area (TPSA) is 33.6 Å². The van der Waals surface area contributed by atoms with Crippen LogP contribution in [0.3, 0.4) is 0 Å². The maximum absolute atomic E-state index is 4.43. The van der Waals surface area contributed by atoms with Gasteiger partial charge in [-0.3, -0.25) is 0 Å². The molecule has 0 aliphatic rings. The number of rotatable bonds is 2. The smallest absolute Gasteiger partial charge is 0.192 e. The molecule has 0 unspecified atom stereocenters. The molecule has 0 amide bonds. The van der Waals surface area contributed by atoms with Crippen molar-refractivity contribution >= 4 is 6.40 Å². The summed E-state index contributed by atoms with van der Waals surface area (Å²) >= 11 is 0. The number of hydrogen-bond donors (Lipinski definition) is 1. The van der Waals surface area contributed by atoms with Crippen molar-refractivity contribution in [1.82, 2.24) is 5.43 Å². The zero-order valence-electron chi connectivity index (χ0n) is 3.93. The van der Waals surface area contributed by atoms with E-state index in [1.807, 2.05) is 0 Å². The molecule has 3 nitrogen and oxygen atoms in total. The van der Waals surface area contributed by atoms with Crippen LogP contribution in [0.15, 0.2) is 5.10 Å². The minimum absolute atomic E-state index is 1.32. The van der Waals surface area contributed by atoms with Gasteiger partial charge in [-0.1, -0.05) is 0 Å². The second-order valence-electron chi connectivity index (χ2n) is 0.694. The molecule has 0 bridgehead atoms. The van der Waals surface area contributed by atoms with Crippen LogP contribution in [0.4, 0.5) is 0 Å². The molecule has 0 aliphatic heterocycles. The second kappa shape index (κ2) is 4.27. The Morgan fingerprint density at radius 3 is 2.67 bits per heavy atom. The largest absolute Gasteiger partial charge is 0.485 e. The van der Waals surface area contributed by atoms with Crippen molar-refractivity contribution in [3.8, 4) is 0 Å². The highest BCUT2D eigenvalue weighted by Crippen LogP contribution is 1.49. The van der Waals surface area contributed by atoms with Gasteiger partial charge in [-0.25, -0.2) is 0 Å². The molecule has 0 aromatic rings. The number of ether oxygens (including phenoxy) is 1. The van der Waals surface area contributed by atoms with E-state index < -0.39 is 0 Å². The summed E-state index contributed by atoms with van der Waals surface area (Å²) in [5, 5.41) is 3.49. The lowest BCUT2D eigenvalue weighted by molar-refractivity contribution is 0.418. The normalized spacial score (nSPS) is 9.00. The molecule has 0 aliphatic carbocycles. The van der Waals surface area contributed by atoms with Crippen LogP contribution in [0, 0.1) is 0 Å². The predicted octanol–water partition coefficient (Wildman–Crippen LogP) is -0.205. The van der Waals surface area contributed by atoms with E-state index >= 15 is 0 Å². The molecule has 36 valence electrons. The fourth-order valence-electron chi connectivity index (χ4n) is 0.105. The molecule has 0 heterocycles. The zero-order chi connectivity index (χ0) is 4.83. The Balaban J connectivity index is 2.73. The Bertz CT molecular complexity index is 38.1. The Morgan fingerprint density at radius 2 is 2.50 bits per heavy atom. The highest BCUT2D eigenvalue weighted by atomic mass is 16.5. The van der Waals surface area contributed by atoms with Crippen LogP contribution in [0.5, 0.6) is 0 Å². The summed E-state index contributed by atoms with van der Waals surface area (Å²) in [6, 6.07) is 0. The molecule has 6 heavy (non-hydrogen) atoms. The number of nitrogens with one attached hydrogen (secondary N) is 1. The van der Waals surface area contributed by atoms with E-state index in [2.05, 4.69) is 15.3 Å². The molecular formula is C3H8N2O. The minimum Gasteiger partial charge on any atom is -0.485 e. The molecule has 0 atom stereocenters. The molecule has 0 fully saturated rings. The van der Waals surface area contributed by atoms with E-state index in [1.54, 1.807) is 14.2 Å². The summed E-state index contributed by atoms with van der Waals surface area (Å²) in [5.41, 5.74) is 2.51. The Hall–Kier alpha value is -0.730. The fraction of sp³-hybridized carbons (Fsp3) is 0.667. The van der Waals surface area contributed by atoms with Gasteiger partial charge in [0, 0.05) is 7.05 Å². The summed E-state index contributed by atoms with van der Waals surface area (Å²) in [6.07, 6.45) is 1.32. The third-order valence-corrected chi connectivity index (χ3v) is 0.287. The Labute approximate surface area is 37.0 Å². The highest BCUT2D eigenvalue weighted by molar-refractivity contribution is 5.45. The molecular weight excluding hydrogens is 80.0 g/mol. The lowest BCUT2D eigenvalue weighted by Crippen LogP contribution is -1.93. The first-order valence-corrected chi connectivity index (χ1v) is 1.63. The average Bonchev–Trinajstić information content (AvgIpc) is 1.61. The van der Waals surface area contributed by atoms with Gasteiger partial charge in [-0.15, -0.1) is 0 Å². The van der Waals surface area contributed by atoms with Crippen LogP contribution in [0.1, 0.15) is 0 Å². The monoisotopic (exact) mass is 88.1 g/mol. The maximum atomic E-state index is 4.43. The molecule has 0 radical (unpaired) electrons. The highest BCUT2D eigenvalue weighted by Gasteiger charge is 1.54. The third kappa shape index (κ3) is 3.27. The van der Waals surface area contributed by atoms with Crippen LogP contribution >= 0.6 is 0 Å². The summed E-state index contributed by atoms with van der Waals surface area (Å²) in [5.74, 6) is 0. The molecule has 0 saturated heterocycles. The maximum Gasteiger partial charge on any atom is 0.192 e. The molecule has 1 N–H and O–H groups in total. The average molecular weight is 88.1 g/mol. The second-order valence-corrected chi connectivity index (χ2v) is 0.694. The van der Waals surface area contributed by atoms with Gasteiger partial charge in [0.15, 0.2) is 6.40 Å². The molecule has 3 heteroatoms. The van der Waals surface area contributed by atoms with E-state index in [-0.39, 0.29) is 0 Å². The van der Waals surface area contributed by atoms with Crippen molar-refractivity contribution in [1.29, 1.82) is 0 Å². The molecule has 0 aromatic carbocycles. The number of methoxy groups -OCH3 is 1. The zero-order valence-corrected chi connectivity index (χ0v) is 3.93. The van der Waals surface area contributed by atoms with Gasteiger partial charge in [-0.2, -0.15) is 5.10 Å². The Kier molecular flexibility index (Phi) is 3.75. The lowest BCUT2D eigenvalue weighted by atomic mass is 11.4. The predicted molar refractivity (Wildman–Crippen MR) is 24.6 cm³/mol. The van der Waals surface area contributed by atoms with E-state index in [4.69, 9.17) is 0 Å². The van der Waals surface area contributed by atoms with Crippen LogP contribution < -0.4 is 5.43 Å². The lowest BCUT2D eigenvalue weighted by Gasteiger charge is -1.82. The van der Waals surface area contributed by atoms with Crippen LogP contribution in [-0.4, -0.2) is 20.6 Å². The first-order chi connectivity index (χ1) is 2.91. The molecule has 0 saturated carbocycles. The van der Waals surface area contributed by atoms with Gasteiger partial charge in [0.25, 0.3) is 0 Å². The molecule has 0 rings (SSSR count). The summed E-state index contributed by atoms with van der Waals surface area (Å²) in [4.78, 5) is 0. The standard InChI is InChI=1S/C3H8N2O/c1-4-5-3-6-2/h3-4H,1-2H3/b5-3+. The van der Waals surface area contributed by atoms with Crippen molar-refractivity contribution in [2.24, 2.45) is 5.10 Å². The first-order valence-electron chi connectivity index (χ1n) is 1.63. The van der Waals surface area contributed by atoms with Gasteiger partial charge in [0.1, 0.15) is 0 Å². The van der Waals surface area contributed by atoms with E-state index in [0.29, 0.717) is 0 Å².